The van der Waals surface area contributed by atoms with Crippen molar-refractivity contribution in [3.63, 3.8) is 0 Å². The van der Waals surface area contributed by atoms with E-state index in [1.807, 2.05) is 12.3 Å². The minimum absolute atomic E-state index is 0.339. The molecule has 1 aromatic carbocycles. The van der Waals surface area contributed by atoms with Crippen LogP contribution >= 0.6 is 0 Å². The third-order valence-electron chi connectivity index (χ3n) is 7.16. The van der Waals surface area contributed by atoms with Gasteiger partial charge in [-0.05, 0) is 74.8 Å². The summed E-state index contributed by atoms with van der Waals surface area (Å²) in [4.78, 5) is 22.2. The van der Waals surface area contributed by atoms with Crippen LogP contribution in [0.15, 0.2) is 30.5 Å². The van der Waals surface area contributed by atoms with E-state index in [9.17, 15) is 4.79 Å². The van der Waals surface area contributed by atoms with Gasteiger partial charge in [-0.3, -0.25) is 9.78 Å². The largest absolute Gasteiger partial charge is 0.342 e. The van der Waals surface area contributed by atoms with Gasteiger partial charge in [-0.25, -0.2) is 0 Å². The number of pyridine rings is 1. The van der Waals surface area contributed by atoms with Crippen LogP contribution in [0, 0.1) is 11.8 Å². The van der Waals surface area contributed by atoms with E-state index in [-0.39, 0.29) is 0 Å². The number of hydrogen-bond donors (Lipinski definition) is 1. The number of amides is 1. The number of carbonyl (C=O) groups is 1. The van der Waals surface area contributed by atoms with E-state index in [0.29, 0.717) is 36.6 Å². The zero-order chi connectivity index (χ0) is 21.1. The van der Waals surface area contributed by atoms with Gasteiger partial charge in [0.25, 0.3) is 0 Å². The minimum Gasteiger partial charge on any atom is -0.342 e. The summed E-state index contributed by atoms with van der Waals surface area (Å²) in [5, 5.41) is 1.19. The van der Waals surface area contributed by atoms with Crippen LogP contribution in [-0.2, 0) is 11.3 Å². The summed E-state index contributed by atoms with van der Waals surface area (Å²) < 4.78 is 0. The van der Waals surface area contributed by atoms with Gasteiger partial charge in [0.15, 0.2) is 0 Å². The van der Waals surface area contributed by atoms with Crippen LogP contribution in [0.3, 0.4) is 0 Å². The number of piperidine rings is 2. The second-order valence-electron chi connectivity index (χ2n) is 9.54. The number of benzene rings is 1. The van der Waals surface area contributed by atoms with E-state index < -0.39 is 0 Å². The highest BCUT2D eigenvalue weighted by Gasteiger charge is 2.30. The Hall–Kier alpha value is -1.98. The molecular weight excluding hydrogens is 372 g/mol. The van der Waals surface area contributed by atoms with E-state index in [0.717, 1.165) is 37.0 Å². The highest BCUT2D eigenvalue weighted by Crippen LogP contribution is 2.35. The van der Waals surface area contributed by atoms with Crippen LogP contribution in [0.1, 0.15) is 56.1 Å². The Morgan fingerprint density at radius 2 is 2.00 bits per heavy atom. The Bertz CT molecular complexity index is 875. The van der Waals surface area contributed by atoms with Crippen LogP contribution in [0.5, 0.6) is 0 Å². The fourth-order valence-corrected chi connectivity index (χ4v) is 5.39. The molecule has 2 aliphatic rings. The van der Waals surface area contributed by atoms with Crippen molar-refractivity contribution in [1.82, 2.24) is 14.8 Å². The number of hydrogen-bond acceptors (Lipinski definition) is 4. The normalized spacial score (nSPS) is 23.8. The summed E-state index contributed by atoms with van der Waals surface area (Å²) in [6.45, 7) is 6.82. The van der Waals surface area contributed by atoms with Gasteiger partial charge in [0.2, 0.25) is 5.91 Å². The van der Waals surface area contributed by atoms with Crippen LogP contribution < -0.4 is 5.73 Å². The van der Waals surface area contributed by atoms with E-state index in [1.54, 1.807) is 0 Å². The third kappa shape index (κ3) is 4.68. The molecule has 2 N–H and O–H groups in total. The molecule has 2 atom stereocenters. The molecule has 4 rings (SSSR count). The van der Waals surface area contributed by atoms with Gasteiger partial charge < -0.3 is 15.5 Å². The fraction of sp³-hybridized carbons (Fsp3) is 0.600. The van der Waals surface area contributed by atoms with Crippen molar-refractivity contribution in [3.8, 4) is 0 Å². The molecule has 0 radical (unpaired) electrons. The summed E-state index contributed by atoms with van der Waals surface area (Å²) in [5.74, 6) is 1.92. The lowest BCUT2D eigenvalue weighted by Crippen LogP contribution is -2.42. The number of likely N-dealkylation sites (tertiary alicyclic amines) is 2. The molecule has 162 valence electrons. The maximum atomic E-state index is 13.1. The van der Waals surface area contributed by atoms with Crippen molar-refractivity contribution in [2.24, 2.45) is 17.6 Å². The standard InChI is InChI=1S/C25H36N4O/c1-18-14-21(22-7-6-20(15-26)25-23(22)4-3-11-27-25)17-29(16-18)24(30)8-5-19-9-12-28(2)13-10-19/h3-4,6-7,11,18-19,21H,5,8-10,12-17,26H2,1-2H3. The molecule has 5 heteroatoms. The molecule has 2 aromatic rings. The Morgan fingerprint density at radius 1 is 1.20 bits per heavy atom. The van der Waals surface area contributed by atoms with E-state index in [1.165, 1.54) is 36.9 Å². The summed E-state index contributed by atoms with van der Waals surface area (Å²) in [6, 6.07) is 8.50. The summed E-state index contributed by atoms with van der Waals surface area (Å²) in [7, 11) is 2.19. The maximum Gasteiger partial charge on any atom is 0.222 e. The lowest BCUT2D eigenvalue weighted by Gasteiger charge is -2.37. The Labute approximate surface area is 180 Å². The van der Waals surface area contributed by atoms with Gasteiger partial charge in [-0.2, -0.15) is 0 Å². The lowest BCUT2D eigenvalue weighted by atomic mass is 9.83. The molecule has 0 spiro atoms. The second-order valence-corrected chi connectivity index (χ2v) is 9.54. The first-order valence-corrected chi connectivity index (χ1v) is 11.6. The zero-order valence-electron chi connectivity index (χ0n) is 18.5. The molecule has 2 saturated heterocycles. The highest BCUT2D eigenvalue weighted by atomic mass is 16.2. The molecule has 0 aliphatic carbocycles. The van der Waals surface area contributed by atoms with Crippen molar-refractivity contribution in [2.75, 3.05) is 33.2 Å². The molecule has 5 nitrogen and oxygen atoms in total. The quantitative estimate of drug-likeness (QED) is 0.818. The highest BCUT2D eigenvalue weighted by molar-refractivity contribution is 5.86. The predicted molar refractivity (Wildman–Crippen MR) is 122 cm³/mol. The molecule has 2 unspecified atom stereocenters. The van der Waals surface area contributed by atoms with Gasteiger partial charge in [-0.1, -0.05) is 25.1 Å². The number of nitrogens with zero attached hydrogens (tertiary/aromatic N) is 3. The van der Waals surface area contributed by atoms with Crippen LogP contribution in [0.4, 0.5) is 0 Å². The topological polar surface area (TPSA) is 62.5 Å². The first-order valence-electron chi connectivity index (χ1n) is 11.6. The van der Waals surface area contributed by atoms with E-state index >= 15 is 0 Å². The molecule has 0 saturated carbocycles. The lowest BCUT2D eigenvalue weighted by molar-refractivity contribution is -0.133. The number of fused-ring (bicyclic) bond motifs is 1. The molecule has 1 amide bonds. The molecule has 3 heterocycles. The molecule has 0 bridgehead atoms. The first kappa shape index (κ1) is 21.3. The van der Waals surface area contributed by atoms with E-state index in [4.69, 9.17) is 5.73 Å². The number of nitrogens with two attached hydrogens (primary N) is 1. The smallest absolute Gasteiger partial charge is 0.222 e. The van der Waals surface area contributed by atoms with Crippen molar-refractivity contribution in [3.05, 3.63) is 41.6 Å². The van der Waals surface area contributed by atoms with Gasteiger partial charge in [-0.15, -0.1) is 0 Å². The van der Waals surface area contributed by atoms with Crippen LogP contribution in [0.2, 0.25) is 0 Å². The Morgan fingerprint density at radius 3 is 2.77 bits per heavy atom. The predicted octanol–water partition coefficient (Wildman–Crippen LogP) is 3.77. The summed E-state index contributed by atoms with van der Waals surface area (Å²) >= 11 is 0. The second kappa shape index (κ2) is 9.44. The van der Waals surface area contributed by atoms with Crippen LogP contribution in [0.25, 0.3) is 10.9 Å². The van der Waals surface area contributed by atoms with Crippen molar-refractivity contribution in [2.45, 2.75) is 51.5 Å². The van der Waals surface area contributed by atoms with Gasteiger partial charge in [0, 0.05) is 43.6 Å². The summed E-state index contributed by atoms with van der Waals surface area (Å²) in [5.41, 5.74) is 9.35. The summed E-state index contributed by atoms with van der Waals surface area (Å²) in [6.07, 6.45) is 7.16. The molecule has 30 heavy (non-hydrogen) atoms. The van der Waals surface area contributed by atoms with Gasteiger partial charge in [0.05, 0.1) is 5.52 Å². The number of rotatable bonds is 5. The zero-order valence-corrected chi connectivity index (χ0v) is 18.5. The van der Waals surface area contributed by atoms with Crippen molar-refractivity contribution < 1.29 is 4.79 Å². The van der Waals surface area contributed by atoms with Crippen molar-refractivity contribution >= 4 is 16.8 Å². The third-order valence-corrected chi connectivity index (χ3v) is 7.16. The molecule has 1 aromatic heterocycles. The molecule has 2 fully saturated rings. The monoisotopic (exact) mass is 408 g/mol. The molecule has 2 aliphatic heterocycles. The SMILES string of the molecule is CC1CC(c2ccc(CN)c3ncccc23)CN(C(=O)CCC2CCN(C)CC2)C1. The first-order chi connectivity index (χ1) is 14.5. The number of carbonyl (C=O) groups excluding carboxylic acids is 1. The Balaban J connectivity index is 1.46. The van der Waals surface area contributed by atoms with Crippen LogP contribution in [-0.4, -0.2) is 53.9 Å². The number of aromatic nitrogens is 1. The van der Waals surface area contributed by atoms with E-state index in [2.05, 4.69) is 47.0 Å². The van der Waals surface area contributed by atoms with Crippen molar-refractivity contribution in [1.29, 1.82) is 0 Å². The van der Waals surface area contributed by atoms with Gasteiger partial charge in [0.1, 0.15) is 0 Å². The minimum atomic E-state index is 0.339. The fourth-order valence-electron chi connectivity index (χ4n) is 5.39. The average molecular weight is 409 g/mol. The van der Waals surface area contributed by atoms with Gasteiger partial charge >= 0.3 is 0 Å². The average Bonchev–Trinajstić information content (AvgIpc) is 2.77. The molecular formula is C25H36N4O. The Kier molecular flexibility index (Phi) is 6.69. The maximum absolute atomic E-state index is 13.1.